The smallest absolute Gasteiger partial charge is 0.309 e. The van der Waals surface area contributed by atoms with Crippen molar-refractivity contribution < 1.29 is 14.6 Å². The van der Waals surface area contributed by atoms with Gasteiger partial charge in [0.25, 0.3) is 0 Å². The number of rotatable bonds is 4. The number of methoxy groups -OCH3 is 1. The van der Waals surface area contributed by atoms with Crippen LogP contribution in [0, 0.1) is 5.41 Å². The van der Waals surface area contributed by atoms with E-state index in [0.29, 0.717) is 6.42 Å². The van der Waals surface area contributed by atoms with Crippen molar-refractivity contribution in [2.45, 2.75) is 32.7 Å². The van der Waals surface area contributed by atoms with Gasteiger partial charge in [-0.25, -0.2) is 0 Å². The average Bonchev–Trinajstić information content (AvgIpc) is 2.69. The van der Waals surface area contributed by atoms with Gasteiger partial charge in [-0.3, -0.25) is 4.79 Å². The van der Waals surface area contributed by atoms with Crippen molar-refractivity contribution in [3.05, 3.63) is 23.8 Å². The zero-order valence-electron chi connectivity index (χ0n) is 11.0. The maximum atomic E-state index is 11.2. The second kappa shape index (κ2) is 4.52. The van der Waals surface area contributed by atoms with Crippen LogP contribution < -0.4 is 10.1 Å². The lowest BCUT2D eigenvalue weighted by Crippen LogP contribution is -2.31. The lowest BCUT2D eigenvalue weighted by atomic mass is 9.85. The monoisotopic (exact) mass is 249 g/mol. The van der Waals surface area contributed by atoms with Gasteiger partial charge in [0.2, 0.25) is 0 Å². The number of aliphatic carboxylic acids is 1. The molecule has 0 amide bonds. The van der Waals surface area contributed by atoms with Crippen molar-refractivity contribution in [3.8, 4) is 5.75 Å². The van der Waals surface area contributed by atoms with E-state index in [0.717, 1.165) is 23.4 Å². The topological polar surface area (TPSA) is 58.6 Å². The zero-order valence-corrected chi connectivity index (χ0v) is 11.0. The van der Waals surface area contributed by atoms with Gasteiger partial charge in [-0.15, -0.1) is 0 Å². The van der Waals surface area contributed by atoms with E-state index in [1.165, 1.54) is 0 Å². The number of carbonyl (C=O) groups is 1. The molecule has 0 radical (unpaired) electrons. The summed E-state index contributed by atoms with van der Waals surface area (Å²) in [5.41, 5.74) is 1.49. The number of carboxylic acid groups (broad SMARTS) is 1. The van der Waals surface area contributed by atoms with Gasteiger partial charge in [-0.05, 0) is 38.8 Å². The van der Waals surface area contributed by atoms with Crippen molar-refractivity contribution in [2.75, 3.05) is 12.4 Å². The number of hydrogen-bond donors (Lipinski definition) is 2. The van der Waals surface area contributed by atoms with Crippen LogP contribution in [0.1, 0.15) is 25.8 Å². The van der Waals surface area contributed by atoms with E-state index >= 15 is 0 Å². The van der Waals surface area contributed by atoms with Gasteiger partial charge in [-0.1, -0.05) is 6.07 Å². The van der Waals surface area contributed by atoms with Crippen LogP contribution in [0.25, 0.3) is 0 Å². The number of anilines is 1. The van der Waals surface area contributed by atoms with E-state index in [-0.39, 0.29) is 6.04 Å². The van der Waals surface area contributed by atoms with Gasteiger partial charge < -0.3 is 15.2 Å². The Morgan fingerprint density at radius 1 is 1.56 bits per heavy atom. The van der Waals surface area contributed by atoms with Gasteiger partial charge in [0.1, 0.15) is 5.75 Å². The van der Waals surface area contributed by atoms with Crippen molar-refractivity contribution >= 4 is 11.7 Å². The zero-order chi connectivity index (χ0) is 13.3. The first-order valence-corrected chi connectivity index (χ1v) is 6.10. The van der Waals surface area contributed by atoms with Crippen molar-refractivity contribution in [1.29, 1.82) is 0 Å². The Morgan fingerprint density at radius 3 is 2.89 bits per heavy atom. The normalized spacial score (nSPS) is 18.1. The predicted molar refractivity (Wildman–Crippen MR) is 70.1 cm³/mol. The molecule has 1 aliphatic heterocycles. The molecular weight excluding hydrogens is 230 g/mol. The molecule has 0 fully saturated rings. The molecule has 98 valence electrons. The number of nitrogens with one attached hydrogen (secondary N) is 1. The Bertz CT molecular complexity index is 468. The molecule has 0 aromatic heterocycles. The van der Waals surface area contributed by atoms with Crippen LogP contribution in [0.4, 0.5) is 5.69 Å². The van der Waals surface area contributed by atoms with E-state index in [9.17, 15) is 4.79 Å². The highest BCUT2D eigenvalue weighted by molar-refractivity contribution is 5.74. The molecule has 2 N–H and O–H groups in total. The van der Waals surface area contributed by atoms with Crippen LogP contribution in [0.3, 0.4) is 0 Å². The van der Waals surface area contributed by atoms with Crippen molar-refractivity contribution in [3.63, 3.8) is 0 Å². The molecule has 0 aliphatic carbocycles. The molecule has 2 rings (SSSR count). The molecule has 1 aliphatic rings. The van der Waals surface area contributed by atoms with Crippen LogP contribution >= 0.6 is 0 Å². The molecule has 4 heteroatoms. The molecule has 18 heavy (non-hydrogen) atoms. The minimum atomic E-state index is -0.757. The lowest BCUT2D eigenvalue weighted by Gasteiger charge is -2.23. The minimum absolute atomic E-state index is 0.155. The Kier molecular flexibility index (Phi) is 3.20. The van der Waals surface area contributed by atoms with Crippen LogP contribution in [0.2, 0.25) is 0 Å². The number of ether oxygens (including phenoxy) is 1. The van der Waals surface area contributed by atoms with E-state index < -0.39 is 11.4 Å². The number of benzene rings is 1. The summed E-state index contributed by atoms with van der Waals surface area (Å²) >= 11 is 0. The molecular formula is C14H19NO3. The third kappa shape index (κ3) is 2.28. The van der Waals surface area contributed by atoms with Crippen LogP contribution in [0.5, 0.6) is 5.75 Å². The Labute approximate surface area is 107 Å². The molecule has 0 spiro atoms. The highest BCUT2D eigenvalue weighted by atomic mass is 16.5. The van der Waals surface area contributed by atoms with E-state index in [1.807, 2.05) is 18.2 Å². The molecule has 1 aromatic carbocycles. The molecule has 0 bridgehead atoms. The third-order valence-corrected chi connectivity index (χ3v) is 3.50. The second-order valence-electron chi connectivity index (χ2n) is 5.42. The first kappa shape index (κ1) is 12.7. The second-order valence-corrected chi connectivity index (χ2v) is 5.42. The number of carboxylic acids is 1. The molecule has 1 aromatic rings. The van der Waals surface area contributed by atoms with E-state index in [4.69, 9.17) is 9.84 Å². The summed E-state index contributed by atoms with van der Waals surface area (Å²) in [6.45, 7) is 3.52. The van der Waals surface area contributed by atoms with Crippen LogP contribution in [0.15, 0.2) is 18.2 Å². The quantitative estimate of drug-likeness (QED) is 0.861. The van der Waals surface area contributed by atoms with Gasteiger partial charge in [0.05, 0.1) is 12.5 Å². The Hall–Kier alpha value is -1.71. The standard InChI is InChI=1S/C14H19NO3/c1-14(2,13(16)17)8-9-7-10-11(15-9)5-4-6-12(10)18-3/h4-6,9,15H,7-8H2,1-3H3,(H,16,17). The maximum absolute atomic E-state index is 11.2. The van der Waals surface area contributed by atoms with Gasteiger partial charge >= 0.3 is 5.97 Å². The molecule has 1 unspecified atom stereocenters. The maximum Gasteiger partial charge on any atom is 0.309 e. The van der Waals surface area contributed by atoms with Crippen molar-refractivity contribution in [2.24, 2.45) is 5.41 Å². The molecule has 0 saturated heterocycles. The van der Waals surface area contributed by atoms with E-state index in [2.05, 4.69) is 5.32 Å². The number of fused-ring (bicyclic) bond motifs is 1. The first-order chi connectivity index (χ1) is 8.44. The SMILES string of the molecule is COc1cccc2c1CC(CC(C)(C)C(=O)O)N2. The fourth-order valence-corrected chi connectivity index (χ4v) is 2.45. The highest BCUT2D eigenvalue weighted by Gasteiger charge is 2.34. The fraction of sp³-hybridized carbons (Fsp3) is 0.500. The molecule has 4 nitrogen and oxygen atoms in total. The average molecular weight is 249 g/mol. The Balaban J connectivity index is 2.13. The Morgan fingerprint density at radius 2 is 2.28 bits per heavy atom. The minimum Gasteiger partial charge on any atom is -0.496 e. The largest absolute Gasteiger partial charge is 0.496 e. The van der Waals surface area contributed by atoms with Gasteiger partial charge in [0, 0.05) is 17.3 Å². The van der Waals surface area contributed by atoms with Crippen LogP contribution in [-0.4, -0.2) is 24.2 Å². The molecule has 1 atom stereocenters. The summed E-state index contributed by atoms with van der Waals surface area (Å²) < 4.78 is 5.33. The summed E-state index contributed by atoms with van der Waals surface area (Å²) in [5.74, 6) is 0.114. The molecule has 0 saturated carbocycles. The summed E-state index contributed by atoms with van der Waals surface area (Å²) in [6, 6.07) is 6.04. The summed E-state index contributed by atoms with van der Waals surface area (Å²) in [6.07, 6.45) is 1.41. The van der Waals surface area contributed by atoms with Crippen molar-refractivity contribution in [1.82, 2.24) is 0 Å². The first-order valence-electron chi connectivity index (χ1n) is 6.10. The van der Waals surface area contributed by atoms with Gasteiger partial charge in [0.15, 0.2) is 0 Å². The molecule has 1 heterocycles. The predicted octanol–water partition coefficient (Wildman–Crippen LogP) is 2.53. The fourth-order valence-electron chi connectivity index (χ4n) is 2.45. The third-order valence-electron chi connectivity index (χ3n) is 3.50. The van der Waals surface area contributed by atoms with E-state index in [1.54, 1.807) is 21.0 Å². The number of hydrogen-bond acceptors (Lipinski definition) is 3. The van der Waals surface area contributed by atoms with Crippen LogP contribution in [-0.2, 0) is 11.2 Å². The summed E-state index contributed by atoms with van der Waals surface area (Å²) in [4.78, 5) is 11.2. The highest BCUT2D eigenvalue weighted by Crippen LogP contribution is 2.37. The summed E-state index contributed by atoms with van der Waals surface area (Å²) in [7, 11) is 1.66. The van der Waals surface area contributed by atoms with Gasteiger partial charge in [-0.2, -0.15) is 0 Å². The summed E-state index contributed by atoms with van der Waals surface area (Å²) in [5, 5.41) is 12.5. The lowest BCUT2D eigenvalue weighted by molar-refractivity contribution is -0.147.